The molecule has 0 aliphatic heterocycles. The largest absolute Gasteiger partial charge is 0.283 e. The van der Waals surface area contributed by atoms with E-state index in [0.29, 0.717) is 0 Å². The molecular weight excluding hydrogens is 525 g/mol. The van der Waals surface area contributed by atoms with Crippen LogP contribution in [0.15, 0.2) is 53.5 Å². The van der Waals surface area contributed by atoms with Crippen LogP contribution in [0.4, 0.5) is 0 Å². The maximum Gasteiger partial charge on any atom is 0.0873 e. The Morgan fingerprint density at radius 3 is 1.51 bits per heavy atom. The van der Waals surface area contributed by atoms with Crippen molar-refractivity contribution in [2.24, 2.45) is 4.74 Å². The molecule has 0 spiro atoms. The third-order valence-corrected chi connectivity index (χ3v) is 69.5. The van der Waals surface area contributed by atoms with Gasteiger partial charge in [-0.1, -0.05) is 166 Å². The Balaban J connectivity index is 0. The first kappa shape index (κ1) is 37.7. The molecule has 0 radical (unpaired) electrons. The van der Waals surface area contributed by atoms with Crippen molar-refractivity contribution in [2.45, 2.75) is 136 Å². The molecule has 1 rings (SSSR count). The molecule has 0 aromatic rings. The van der Waals surface area contributed by atoms with Crippen LogP contribution >= 0.6 is 5.70 Å². The first-order chi connectivity index (χ1) is 15.9. The van der Waals surface area contributed by atoms with Gasteiger partial charge in [0.15, 0.2) is 0 Å². The van der Waals surface area contributed by atoms with Gasteiger partial charge in [0.2, 0.25) is 0 Å². The molecule has 0 aromatic carbocycles. The number of rotatable bonds is 15. The van der Waals surface area contributed by atoms with E-state index in [9.17, 15) is 0 Å². The van der Waals surface area contributed by atoms with Gasteiger partial charge in [0.1, 0.15) is 0 Å². The fourth-order valence-corrected chi connectivity index (χ4v) is 90.0. The number of allylic oxidation sites excluding steroid dienone is 6. The minimum Gasteiger partial charge on any atom is -0.283 e. The second-order valence-corrected chi connectivity index (χ2v) is 46.4. The molecule has 0 atom stereocenters. The van der Waals surface area contributed by atoms with Gasteiger partial charge in [-0.2, -0.15) is 0 Å². The Labute approximate surface area is 239 Å². The van der Waals surface area contributed by atoms with Gasteiger partial charge in [0, 0.05) is 33.8 Å². The summed E-state index contributed by atoms with van der Waals surface area (Å²) < 4.78 is 6.08. The smallest absolute Gasteiger partial charge is 0.0873 e. The van der Waals surface area contributed by atoms with Gasteiger partial charge in [-0.15, -0.1) is 0 Å². The van der Waals surface area contributed by atoms with Gasteiger partial charge in [-0.05, 0) is 12.5 Å². The number of hydrogen-bond donors (Lipinski definition) is 0. The third-order valence-electron chi connectivity index (χ3n) is 7.59. The summed E-state index contributed by atoms with van der Waals surface area (Å²) in [4.78, 5) is 0. The molecule has 1 aliphatic carbocycles. The van der Waals surface area contributed by atoms with Crippen molar-refractivity contribution in [3.8, 4) is 0 Å². The Morgan fingerprint density at radius 2 is 1.26 bits per heavy atom. The first-order valence-electron chi connectivity index (χ1n) is 14.2. The zero-order valence-electron chi connectivity index (χ0n) is 25.3. The maximum absolute atomic E-state index is 6.08. The summed E-state index contributed by atoms with van der Waals surface area (Å²) in [5.41, 5.74) is 0.134. The zero-order chi connectivity index (χ0) is 26.3. The minimum absolute atomic E-state index is 0. The van der Waals surface area contributed by atoms with Gasteiger partial charge in [0.25, 0.3) is 0 Å². The molecule has 0 unspecified atom stereocenters. The Bertz CT molecular complexity index is 679. The van der Waals surface area contributed by atoms with Crippen LogP contribution in [0.25, 0.3) is 0 Å². The van der Waals surface area contributed by atoms with Gasteiger partial charge in [-0.25, -0.2) is 0 Å². The van der Waals surface area contributed by atoms with Crippen LogP contribution < -0.4 is 0 Å². The number of hydrogen-bond acceptors (Lipinski definition) is 1. The van der Waals surface area contributed by atoms with Crippen LogP contribution in [0, 0.1) is 0 Å². The zero-order valence-corrected chi connectivity index (χ0v) is 30.8. The average molecular weight is 586 g/mol. The molecule has 0 saturated heterocycles. The Hall–Kier alpha value is 0.555. The standard InChI is InChI=1S/C23H50NPSi3.C6H10.Ti/c1-10-13-20-26(4,5)25(24-23-18-16-17-19-23,27(6,7)21-14-11-2)28(8,9)22-15-12-3;1-3-5-6-4-2;/h16-18H,10-15,19-22H2,1-9H3;3,5-6H,1,4H2,2H3;. The van der Waals surface area contributed by atoms with E-state index in [2.05, 4.69) is 97.9 Å². The van der Waals surface area contributed by atoms with Gasteiger partial charge >= 0.3 is 0 Å². The van der Waals surface area contributed by atoms with E-state index >= 15 is 0 Å². The molecule has 0 aromatic heterocycles. The molecule has 0 fully saturated rings. The predicted molar refractivity (Wildman–Crippen MR) is 172 cm³/mol. The molecule has 0 amide bonds. The maximum atomic E-state index is 6.08. The second kappa shape index (κ2) is 18.7. The van der Waals surface area contributed by atoms with Crippen LogP contribution in [0.3, 0.4) is 0 Å². The van der Waals surface area contributed by atoms with Gasteiger partial charge in [0.05, 0.1) is 23.2 Å². The SMILES string of the molecule is C=CC=CCC.CCCC[Si](C)(C)P(=NC1=CC=CC1)([Si](C)(C)CCCC)[Si](C)(C)CCCC.[Ti]. The summed E-state index contributed by atoms with van der Waals surface area (Å²) in [6, 6.07) is 4.52. The normalized spacial score (nSPS) is 14.3. The summed E-state index contributed by atoms with van der Waals surface area (Å²) in [5, 5.41) is 0. The van der Waals surface area contributed by atoms with Gasteiger partial charge < -0.3 is 0 Å². The molecule has 6 heteroatoms. The third kappa shape index (κ3) is 11.1. The molecule has 1 nitrogen and oxygen atoms in total. The summed E-state index contributed by atoms with van der Waals surface area (Å²) >= 11 is 0. The monoisotopic (exact) mass is 585 g/mol. The molecular formula is C29H60NPSi3Ti. The van der Waals surface area contributed by atoms with Crippen molar-refractivity contribution in [1.29, 1.82) is 0 Å². The van der Waals surface area contributed by atoms with Crippen molar-refractivity contribution in [1.82, 2.24) is 0 Å². The van der Waals surface area contributed by atoms with E-state index in [1.54, 1.807) is 6.08 Å². The van der Waals surface area contributed by atoms with Crippen molar-refractivity contribution < 1.29 is 21.7 Å². The van der Waals surface area contributed by atoms with E-state index in [-0.39, 0.29) is 21.7 Å². The van der Waals surface area contributed by atoms with Crippen LogP contribution in [0.1, 0.15) is 79.1 Å². The topological polar surface area (TPSA) is 12.4 Å². The predicted octanol–water partition coefficient (Wildman–Crippen LogP) is 12.2. The fourth-order valence-electron chi connectivity index (χ4n) is 6.11. The number of unbranched alkanes of at least 4 members (excludes halogenated alkanes) is 3. The van der Waals surface area contributed by atoms with Crippen LogP contribution in [0.2, 0.25) is 57.4 Å². The molecule has 202 valence electrons. The summed E-state index contributed by atoms with van der Waals surface area (Å²) in [7, 11) is -4.33. The fraction of sp³-hybridized carbons (Fsp3) is 0.724. The molecule has 0 bridgehead atoms. The average Bonchev–Trinajstić information content (AvgIpc) is 3.30. The summed E-state index contributed by atoms with van der Waals surface area (Å²) in [6.45, 7) is 29.4. The van der Waals surface area contributed by atoms with E-state index in [4.69, 9.17) is 4.74 Å². The minimum atomic E-state index is -1.44. The van der Waals surface area contributed by atoms with Crippen LogP contribution in [-0.2, 0) is 21.7 Å². The second-order valence-electron chi connectivity index (χ2n) is 11.8. The number of nitrogens with zero attached hydrogens (tertiary/aromatic N) is 1. The quantitative estimate of drug-likeness (QED) is 0.103. The van der Waals surface area contributed by atoms with E-state index in [0.717, 1.165) is 12.8 Å². The van der Waals surface area contributed by atoms with E-state index in [1.165, 1.54) is 62.4 Å². The summed E-state index contributed by atoms with van der Waals surface area (Å²) in [5.74, 6) is 0. The Morgan fingerprint density at radius 1 is 0.829 bits per heavy atom. The van der Waals surface area contributed by atoms with Gasteiger partial charge in [-0.3, -0.25) is 4.74 Å². The van der Waals surface area contributed by atoms with E-state index < -0.39 is 28.9 Å². The van der Waals surface area contributed by atoms with Crippen molar-refractivity contribution in [3.63, 3.8) is 0 Å². The molecule has 0 saturated carbocycles. The molecule has 0 heterocycles. The van der Waals surface area contributed by atoms with Crippen LogP contribution in [-0.4, -0.2) is 23.2 Å². The Kier molecular flexibility index (Phi) is 20.2. The summed E-state index contributed by atoms with van der Waals surface area (Å²) in [6.07, 6.45) is 23.2. The van der Waals surface area contributed by atoms with Crippen molar-refractivity contribution in [3.05, 3.63) is 48.7 Å². The van der Waals surface area contributed by atoms with Crippen LogP contribution in [0.5, 0.6) is 0 Å². The first-order valence-corrected chi connectivity index (χ1v) is 28.1. The molecule has 35 heavy (non-hydrogen) atoms. The molecule has 1 aliphatic rings. The van der Waals surface area contributed by atoms with Crippen molar-refractivity contribution in [2.75, 3.05) is 0 Å². The molecule has 0 N–H and O–H groups in total. The van der Waals surface area contributed by atoms with Crippen molar-refractivity contribution >= 4 is 28.9 Å². The van der Waals surface area contributed by atoms with E-state index in [1.807, 2.05) is 6.08 Å².